The first-order valence-electron chi connectivity index (χ1n) is 10.5. The van der Waals surface area contributed by atoms with Crippen LogP contribution >= 0.6 is 23.2 Å². The lowest BCUT2D eigenvalue weighted by molar-refractivity contribution is -0.112. The van der Waals surface area contributed by atoms with Gasteiger partial charge in [0.05, 0.1) is 6.04 Å². The fraction of sp³-hybridized carbons (Fsp3) is 0.280. The average Bonchev–Trinajstić information content (AvgIpc) is 2.73. The normalized spacial score (nSPS) is 17.7. The van der Waals surface area contributed by atoms with E-state index >= 15 is 0 Å². The van der Waals surface area contributed by atoms with Gasteiger partial charge in [0, 0.05) is 36.3 Å². The number of benzene rings is 3. The molecule has 4 rings (SSSR count). The monoisotopic (exact) mass is 525 g/mol. The third kappa shape index (κ3) is 5.14. The van der Waals surface area contributed by atoms with Crippen molar-refractivity contribution in [2.75, 3.05) is 19.3 Å². The molecule has 1 heterocycles. The third-order valence-electron chi connectivity index (χ3n) is 6.06. The Kier molecular flexibility index (Phi) is 7.04. The molecule has 2 atom stereocenters. The molecule has 0 saturated carbocycles. The van der Waals surface area contributed by atoms with Gasteiger partial charge in [-0.05, 0) is 46.5 Å². The highest BCUT2D eigenvalue weighted by atomic mass is 35.5. The van der Waals surface area contributed by atoms with Crippen molar-refractivity contribution in [3.05, 3.63) is 106 Å². The first-order chi connectivity index (χ1) is 16.0. The quantitative estimate of drug-likeness (QED) is 0.426. The minimum absolute atomic E-state index is 0.0204. The molecular weight excluding hydrogens is 503 g/mol. The number of likely N-dealkylation sites (tertiary alicyclic amines) is 1. The first-order valence-corrected chi connectivity index (χ1v) is 13.4. The molecule has 34 heavy (non-hydrogen) atoms. The van der Waals surface area contributed by atoms with E-state index in [0.717, 1.165) is 35.1 Å². The summed E-state index contributed by atoms with van der Waals surface area (Å²) in [4.78, 5) is 1.92. The van der Waals surface area contributed by atoms with Crippen LogP contribution in [0.1, 0.15) is 33.5 Å². The second-order valence-electron chi connectivity index (χ2n) is 8.75. The van der Waals surface area contributed by atoms with Crippen molar-refractivity contribution >= 4 is 33.0 Å². The Morgan fingerprint density at radius 2 is 1.44 bits per heavy atom. The molecule has 1 aliphatic rings. The van der Waals surface area contributed by atoms with Crippen LogP contribution in [0, 0.1) is 11.6 Å². The van der Waals surface area contributed by atoms with E-state index in [9.17, 15) is 22.3 Å². The van der Waals surface area contributed by atoms with Crippen LogP contribution in [0.25, 0.3) is 0 Å². The van der Waals surface area contributed by atoms with E-state index < -0.39 is 32.3 Å². The zero-order valence-corrected chi connectivity index (χ0v) is 20.6. The second-order valence-corrected chi connectivity index (χ2v) is 11.6. The molecule has 0 amide bonds. The van der Waals surface area contributed by atoms with Crippen LogP contribution in [0.4, 0.5) is 8.78 Å². The zero-order valence-electron chi connectivity index (χ0n) is 18.3. The number of nitrogens with zero attached hydrogens (tertiary/aromatic N) is 1. The second kappa shape index (κ2) is 9.55. The molecule has 0 radical (unpaired) electrons. The van der Waals surface area contributed by atoms with Crippen molar-refractivity contribution < 1.29 is 22.3 Å². The van der Waals surface area contributed by atoms with Gasteiger partial charge in [0.15, 0.2) is 9.84 Å². The molecule has 0 aliphatic carbocycles. The number of halogens is 4. The SMILES string of the molecule is CS(=O)(=O)[C@H](c1cc(F)cc(F)c1)C1(O)CN([C@@H](c2ccc(Cl)cc2)c2ccc(CCl)cc2)C1. The maximum atomic E-state index is 13.9. The summed E-state index contributed by atoms with van der Waals surface area (Å²) in [5.74, 6) is -1.43. The van der Waals surface area contributed by atoms with Gasteiger partial charge < -0.3 is 5.11 Å². The van der Waals surface area contributed by atoms with Crippen LogP contribution in [-0.4, -0.2) is 43.4 Å². The van der Waals surface area contributed by atoms with E-state index in [2.05, 4.69) is 0 Å². The largest absolute Gasteiger partial charge is 0.385 e. The Hall–Kier alpha value is -2.03. The van der Waals surface area contributed by atoms with Gasteiger partial charge in [-0.25, -0.2) is 17.2 Å². The van der Waals surface area contributed by atoms with Gasteiger partial charge in [-0.2, -0.15) is 0 Å². The number of alkyl halides is 1. The maximum absolute atomic E-state index is 13.9. The van der Waals surface area contributed by atoms with Crippen LogP contribution in [0.3, 0.4) is 0 Å². The van der Waals surface area contributed by atoms with E-state index in [1.165, 1.54) is 0 Å². The third-order valence-corrected chi connectivity index (χ3v) is 8.19. The smallest absolute Gasteiger partial charge is 0.157 e. The van der Waals surface area contributed by atoms with Crippen LogP contribution < -0.4 is 0 Å². The van der Waals surface area contributed by atoms with Crippen LogP contribution in [0.2, 0.25) is 5.02 Å². The van der Waals surface area contributed by atoms with Gasteiger partial charge in [-0.3, -0.25) is 4.90 Å². The molecule has 0 aromatic heterocycles. The van der Waals surface area contributed by atoms with Crippen LogP contribution in [-0.2, 0) is 15.7 Å². The molecule has 9 heteroatoms. The Balaban J connectivity index is 1.70. The van der Waals surface area contributed by atoms with Crippen molar-refractivity contribution in [1.82, 2.24) is 4.90 Å². The Labute approximate surface area is 207 Å². The molecular formula is C25H23Cl2F2NO3S. The summed E-state index contributed by atoms with van der Waals surface area (Å²) >= 11 is 12.0. The first kappa shape index (κ1) is 25.1. The highest BCUT2D eigenvalue weighted by Gasteiger charge is 2.54. The lowest BCUT2D eigenvalue weighted by Crippen LogP contribution is -2.66. The molecule has 1 saturated heterocycles. The molecule has 1 fully saturated rings. The van der Waals surface area contributed by atoms with Gasteiger partial charge in [0.1, 0.15) is 22.5 Å². The van der Waals surface area contributed by atoms with Crippen molar-refractivity contribution in [3.8, 4) is 0 Å². The van der Waals surface area contributed by atoms with Crippen molar-refractivity contribution in [2.45, 2.75) is 22.8 Å². The van der Waals surface area contributed by atoms with E-state index in [1.807, 2.05) is 41.3 Å². The number of β-amino-alcohol motifs (C(OH)–C–C–N with tert-alkyl or cyclic N) is 1. The highest BCUT2D eigenvalue weighted by molar-refractivity contribution is 7.91. The summed E-state index contributed by atoms with van der Waals surface area (Å²) in [6.07, 6.45) is 0.961. The summed E-state index contributed by atoms with van der Waals surface area (Å²) in [6, 6.07) is 17.2. The molecule has 3 aromatic rings. The van der Waals surface area contributed by atoms with Crippen LogP contribution in [0.5, 0.6) is 0 Å². The predicted octanol–water partition coefficient (Wildman–Crippen LogP) is 5.28. The number of aliphatic hydroxyl groups is 1. The minimum Gasteiger partial charge on any atom is -0.385 e. The number of sulfone groups is 1. The number of rotatable bonds is 7. The van der Waals surface area contributed by atoms with Crippen molar-refractivity contribution in [1.29, 1.82) is 0 Å². The summed E-state index contributed by atoms with van der Waals surface area (Å²) in [6.45, 7) is -0.0408. The standard InChI is InChI=1S/C25H23Cl2F2NO3S/c1-34(32,33)24(19-10-21(28)12-22(29)11-19)25(31)14-30(15-25)23(18-6-8-20(27)9-7-18)17-4-2-16(13-26)3-5-17/h2-12,23-24,31H,13-15H2,1H3/t23-,24-/m1/s1. The molecule has 180 valence electrons. The molecule has 0 unspecified atom stereocenters. The van der Waals surface area contributed by atoms with E-state index in [1.54, 1.807) is 12.1 Å². The number of hydrogen-bond acceptors (Lipinski definition) is 4. The zero-order chi connectivity index (χ0) is 24.7. The topological polar surface area (TPSA) is 57.6 Å². The molecule has 1 N–H and O–H groups in total. The van der Waals surface area contributed by atoms with Crippen molar-refractivity contribution in [3.63, 3.8) is 0 Å². The highest BCUT2D eigenvalue weighted by Crippen LogP contribution is 2.45. The van der Waals surface area contributed by atoms with Gasteiger partial charge in [-0.1, -0.05) is 48.0 Å². The summed E-state index contributed by atoms with van der Waals surface area (Å²) in [5.41, 5.74) is 0.931. The molecule has 0 bridgehead atoms. The lowest BCUT2D eigenvalue weighted by Gasteiger charge is -2.53. The molecule has 1 aliphatic heterocycles. The van der Waals surface area contributed by atoms with Gasteiger partial charge in [0.2, 0.25) is 0 Å². The minimum atomic E-state index is -3.91. The Bertz CT molecular complexity index is 1260. The average molecular weight is 526 g/mol. The summed E-state index contributed by atoms with van der Waals surface area (Å²) in [5, 5.41) is 10.5. The fourth-order valence-corrected chi connectivity index (χ4v) is 6.62. The summed E-state index contributed by atoms with van der Waals surface area (Å²) < 4.78 is 53.1. The Morgan fingerprint density at radius 1 is 0.941 bits per heavy atom. The predicted molar refractivity (Wildman–Crippen MR) is 130 cm³/mol. The van der Waals surface area contributed by atoms with E-state index in [4.69, 9.17) is 23.2 Å². The van der Waals surface area contributed by atoms with Gasteiger partial charge >= 0.3 is 0 Å². The molecule has 0 spiro atoms. The fourth-order valence-electron chi connectivity index (χ4n) is 4.74. The lowest BCUT2D eigenvalue weighted by atomic mass is 9.82. The Morgan fingerprint density at radius 3 is 1.91 bits per heavy atom. The summed E-state index contributed by atoms with van der Waals surface area (Å²) in [7, 11) is -3.91. The number of hydrogen-bond donors (Lipinski definition) is 1. The molecule has 4 nitrogen and oxygen atoms in total. The van der Waals surface area contributed by atoms with Gasteiger partial charge in [0.25, 0.3) is 0 Å². The van der Waals surface area contributed by atoms with Crippen LogP contribution in [0.15, 0.2) is 66.7 Å². The van der Waals surface area contributed by atoms with E-state index in [0.29, 0.717) is 17.0 Å². The van der Waals surface area contributed by atoms with E-state index in [-0.39, 0.29) is 24.7 Å². The molecule has 3 aromatic carbocycles. The maximum Gasteiger partial charge on any atom is 0.157 e. The van der Waals surface area contributed by atoms with Gasteiger partial charge in [-0.15, -0.1) is 11.6 Å². The van der Waals surface area contributed by atoms with Crippen molar-refractivity contribution in [2.24, 2.45) is 0 Å².